The maximum Gasteiger partial charge on any atom is 0.224 e. The largest absolute Gasteiger partial charge is 0.437 e. The minimum atomic E-state index is 0.201. The van der Waals surface area contributed by atoms with Crippen LogP contribution in [0.4, 0.5) is 0 Å². The molecular formula is C15H19N3O. The highest BCUT2D eigenvalue weighted by molar-refractivity contribution is 5.33. The van der Waals surface area contributed by atoms with E-state index in [1.165, 1.54) is 0 Å². The van der Waals surface area contributed by atoms with Crippen molar-refractivity contribution in [1.82, 2.24) is 15.3 Å². The van der Waals surface area contributed by atoms with Crippen LogP contribution in [0.5, 0.6) is 11.6 Å². The summed E-state index contributed by atoms with van der Waals surface area (Å²) in [5, 5.41) is 3.36. The van der Waals surface area contributed by atoms with Crippen LogP contribution in [-0.2, 0) is 0 Å². The molecule has 19 heavy (non-hydrogen) atoms. The first kappa shape index (κ1) is 13.5. The van der Waals surface area contributed by atoms with Gasteiger partial charge in [-0.2, -0.15) is 0 Å². The highest BCUT2D eigenvalue weighted by atomic mass is 16.5. The van der Waals surface area contributed by atoms with E-state index in [2.05, 4.69) is 29.1 Å². The Balaban J connectivity index is 2.22. The monoisotopic (exact) mass is 257 g/mol. The van der Waals surface area contributed by atoms with Crippen LogP contribution in [0.2, 0.25) is 0 Å². The van der Waals surface area contributed by atoms with Gasteiger partial charge in [0.25, 0.3) is 0 Å². The number of rotatable bonds is 5. The average molecular weight is 257 g/mol. The summed E-state index contributed by atoms with van der Waals surface area (Å²) in [6, 6.07) is 7.97. The van der Waals surface area contributed by atoms with Crippen molar-refractivity contribution in [3.8, 4) is 11.6 Å². The molecule has 4 heteroatoms. The summed E-state index contributed by atoms with van der Waals surface area (Å²) in [4.78, 5) is 8.53. The molecule has 0 spiro atoms. The van der Waals surface area contributed by atoms with Crippen LogP contribution < -0.4 is 10.1 Å². The first-order valence-electron chi connectivity index (χ1n) is 6.49. The van der Waals surface area contributed by atoms with Crippen LogP contribution in [0, 0.1) is 6.92 Å². The standard InChI is InChI=1S/C15H19N3O/c1-4-16-12(3)14-6-5-9-17-15(14)19-13-8-7-11(2)18-10-13/h5-10,12,16H,4H2,1-3H3. The number of hydrogen-bond donors (Lipinski definition) is 1. The lowest BCUT2D eigenvalue weighted by molar-refractivity contribution is 0.442. The van der Waals surface area contributed by atoms with Gasteiger partial charge in [0.1, 0.15) is 5.75 Å². The van der Waals surface area contributed by atoms with E-state index in [0.717, 1.165) is 17.8 Å². The van der Waals surface area contributed by atoms with E-state index < -0.39 is 0 Å². The Morgan fingerprint density at radius 3 is 2.79 bits per heavy atom. The second kappa shape index (κ2) is 6.29. The van der Waals surface area contributed by atoms with Crippen molar-refractivity contribution in [2.75, 3.05) is 6.54 Å². The molecule has 0 saturated carbocycles. The predicted octanol–water partition coefficient (Wildman–Crippen LogP) is 3.25. The molecule has 1 atom stereocenters. The number of aryl methyl sites for hydroxylation is 1. The Labute approximate surface area is 113 Å². The highest BCUT2D eigenvalue weighted by Gasteiger charge is 2.12. The van der Waals surface area contributed by atoms with Gasteiger partial charge in [-0.05, 0) is 38.6 Å². The van der Waals surface area contributed by atoms with Crippen molar-refractivity contribution in [1.29, 1.82) is 0 Å². The van der Waals surface area contributed by atoms with E-state index in [0.29, 0.717) is 11.6 Å². The van der Waals surface area contributed by atoms with Gasteiger partial charge in [0.15, 0.2) is 0 Å². The molecule has 100 valence electrons. The zero-order valence-corrected chi connectivity index (χ0v) is 11.6. The normalized spacial score (nSPS) is 12.2. The van der Waals surface area contributed by atoms with E-state index >= 15 is 0 Å². The molecule has 0 fully saturated rings. The summed E-state index contributed by atoms with van der Waals surface area (Å²) >= 11 is 0. The molecule has 0 aliphatic heterocycles. The summed E-state index contributed by atoms with van der Waals surface area (Å²) in [5.41, 5.74) is 2.01. The fraction of sp³-hybridized carbons (Fsp3) is 0.333. The average Bonchev–Trinajstić information content (AvgIpc) is 2.42. The highest BCUT2D eigenvalue weighted by Crippen LogP contribution is 2.26. The Hall–Kier alpha value is -1.94. The minimum absolute atomic E-state index is 0.201. The van der Waals surface area contributed by atoms with Crippen molar-refractivity contribution in [2.45, 2.75) is 26.8 Å². The molecule has 1 N–H and O–H groups in total. The third kappa shape index (κ3) is 3.51. The van der Waals surface area contributed by atoms with Crippen LogP contribution in [0.15, 0.2) is 36.7 Å². The summed E-state index contributed by atoms with van der Waals surface area (Å²) in [6.45, 7) is 7.03. The molecule has 0 radical (unpaired) electrons. The van der Waals surface area contributed by atoms with Crippen LogP contribution in [0.3, 0.4) is 0 Å². The SMILES string of the molecule is CCNC(C)c1cccnc1Oc1ccc(C)nc1. The van der Waals surface area contributed by atoms with Crippen molar-refractivity contribution in [3.63, 3.8) is 0 Å². The van der Waals surface area contributed by atoms with Gasteiger partial charge in [-0.3, -0.25) is 4.98 Å². The molecule has 2 heterocycles. The van der Waals surface area contributed by atoms with Crippen molar-refractivity contribution in [3.05, 3.63) is 47.9 Å². The van der Waals surface area contributed by atoms with Gasteiger partial charge >= 0.3 is 0 Å². The van der Waals surface area contributed by atoms with E-state index in [1.807, 2.05) is 31.2 Å². The predicted molar refractivity (Wildman–Crippen MR) is 75.4 cm³/mol. The fourth-order valence-electron chi connectivity index (χ4n) is 1.86. The van der Waals surface area contributed by atoms with Crippen LogP contribution >= 0.6 is 0 Å². The summed E-state index contributed by atoms with van der Waals surface area (Å²) in [7, 11) is 0. The van der Waals surface area contributed by atoms with Crippen molar-refractivity contribution >= 4 is 0 Å². The van der Waals surface area contributed by atoms with E-state index in [4.69, 9.17) is 4.74 Å². The number of pyridine rings is 2. The molecule has 0 aliphatic rings. The molecular weight excluding hydrogens is 238 g/mol. The lowest BCUT2D eigenvalue weighted by atomic mass is 10.1. The molecule has 2 aromatic rings. The van der Waals surface area contributed by atoms with Gasteiger partial charge < -0.3 is 10.1 Å². The van der Waals surface area contributed by atoms with Crippen LogP contribution in [0.25, 0.3) is 0 Å². The maximum absolute atomic E-state index is 5.82. The quantitative estimate of drug-likeness (QED) is 0.893. The third-order valence-electron chi connectivity index (χ3n) is 2.88. The van der Waals surface area contributed by atoms with Crippen molar-refractivity contribution in [2.24, 2.45) is 0 Å². The molecule has 2 rings (SSSR count). The number of ether oxygens (including phenoxy) is 1. The van der Waals surface area contributed by atoms with Gasteiger partial charge in [-0.1, -0.05) is 13.0 Å². The van der Waals surface area contributed by atoms with E-state index in [9.17, 15) is 0 Å². The summed E-state index contributed by atoms with van der Waals surface area (Å²) in [6.07, 6.45) is 3.45. The minimum Gasteiger partial charge on any atom is -0.437 e. The summed E-state index contributed by atoms with van der Waals surface area (Å²) < 4.78 is 5.82. The van der Waals surface area contributed by atoms with Gasteiger partial charge in [0.2, 0.25) is 5.88 Å². The smallest absolute Gasteiger partial charge is 0.224 e. The summed E-state index contributed by atoms with van der Waals surface area (Å²) in [5.74, 6) is 1.33. The van der Waals surface area contributed by atoms with Gasteiger partial charge in [0, 0.05) is 23.5 Å². The fourth-order valence-corrected chi connectivity index (χ4v) is 1.86. The zero-order valence-electron chi connectivity index (χ0n) is 11.6. The molecule has 0 aromatic carbocycles. The van der Waals surface area contributed by atoms with E-state index in [-0.39, 0.29) is 6.04 Å². The molecule has 1 unspecified atom stereocenters. The second-order valence-corrected chi connectivity index (χ2v) is 4.41. The number of nitrogens with zero attached hydrogens (tertiary/aromatic N) is 2. The Kier molecular flexibility index (Phi) is 4.47. The molecule has 2 aromatic heterocycles. The Morgan fingerprint density at radius 1 is 1.26 bits per heavy atom. The van der Waals surface area contributed by atoms with E-state index in [1.54, 1.807) is 12.4 Å². The van der Waals surface area contributed by atoms with Gasteiger partial charge in [-0.25, -0.2) is 4.98 Å². The van der Waals surface area contributed by atoms with Crippen LogP contribution in [0.1, 0.15) is 31.1 Å². The molecule has 4 nitrogen and oxygen atoms in total. The lowest BCUT2D eigenvalue weighted by Crippen LogP contribution is -2.18. The van der Waals surface area contributed by atoms with Crippen LogP contribution in [-0.4, -0.2) is 16.5 Å². The molecule has 0 saturated heterocycles. The topological polar surface area (TPSA) is 47.0 Å². The first-order chi connectivity index (χ1) is 9.20. The molecule has 0 aliphatic carbocycles. The van der Waals surface area contributed by atoms with Gasteiger partial charge in [0.05, 0.1) is 6.20 Å². The Bertz CT molecular complexity index is 525. The van der Waals surface area contributed by atoms with Gasteiger partial charge in [-0.15, -0.1) is 0 Å². The lowest BCUT2D eigenvalue weighted by Gasteiger charge is -2.16. The first-order valence-corrected chi connectivity index (χ1v) is 6.49. The third-order valence-corrected chi connectivity index (χ3v) is 2.88. The maximum atomic E-state index is 5.82. The number of hydrogen-bond acceptors (Lipinski definition) is 4. The second-order valence-electron chi connectivity index (χ2n) is 4.41. The number of aromatic nitrogens is 2. The molecule has 0 amide bonds. The Morgan fingerprint density at radius 2 is 2.11 bits per heavy atom. The molecule has 0 bridgehead atoms. The zero-order chi connectivity index (χ0) is 13.7. The van der Waals surface area contributed by atoms with Crippen molar-refractivity contribution < 1.29 is 4.74 Å². The number of nitrogens with one attached hydrogen (secondary N) is 1.